The van der Waals surface area contributed by atoms with Crippen molar-refractivity contribution in [3.8, 4) is 5.69 Å². The fourth-order valence-electron chi connectivity index (χ4n) is 1.87. The molecule has 1 aromatic heterocycles. The molecule has 114 valence electrons. The fraction of sp³-hybridized carbons (Fsp3) is 0.400. The summed E-state index contributed by atoms with van der Waals surface area (Å²) in [6.07, 6.45) is -1.56. The molecular formula is C15H17F3N2S. The second kappa shape index (κ2) is 6.56. The molecule has 0 N–H and O–H groups in total. The molecule has 21 heavy (non-hydrogen) atoms. The maximum absolute atomic E-state index is 12.2. The number of hydrogen-bond acceptors (Lipinski definition) is 2. The average Bonchev–Trinajstić information content (AvgIpc) is 2.86. The second-order valence-electron chi connectivity index (χ2n) is 5.04. The monoisotopic (exact) mass is 314 g/mol. The van der Waals surface area contributed by atoms with Crippen LogP contribution in [-0.2, 0) is 0 Å². The van der Waals surface area contributed by atoms with Gasteiger partial charge in [0.15, 0.2) is 5.16 Å². The Labute approximate surface area is 126 Å². The molecule has 0 unspecified atom stereocenters. The first-order valence-corrected chi connectivity index (χ1v) is 7.68. The quantitative estimate of drug-likeness (QED) is 0.720. The van der Waals surface area contributed by atoms with Gasteiger partial charge in [-0.15, -0.1) is 0 Å². The van der Waals surface area contributed by atoms with Crippen molar-refractivity contribution in [1.29, 1.82) is 0 Å². The van der Waals surface area contributed by atoms with Crippen LogP contribution < -0.4 is 0 Å². The van der Waals surface area contributed by atoms with Gasteiger partial charge in [-0.1, -0.05) is 37.7 Å². The largest absolute Gasteiger partial charge is 0.389 e. The molecule has 0 bridgehead atoms. The van der Waals surface area contributed by atoms with E-state index in [1.807, 2.05) is 28.8 Å². The van der Waals surface area contributed by atoms with Crippen LogP contribution >= 0.6 is 11.8 Å². The average molecular weight is 314 g/mol. The van der Waals surface area contributed by atoms with Gasteiger partial charge in [-0.2, -0.15) is 13.2 Å². The van der Waals surface area contributed by atoms with Crippen LogP contribution in [0.15, 0.2) is 41.8 Å². The molecule has 0 saturated carbocycles. The van der Waals surface area contributed by atoms with Crippen molar-refractivity contribution in [2.75, 3.05) is 5.75 Å². The Morgan fingerprint density at radius 1 is 1.19 bits per heavy atom. The van der Waals surface area contributed by atoms with Crippen molar-refractivity contribution < 1.29 is 13.2 Å². The number of alkyl halides is 3. The Bertz CT molecular complexity index is 573. The van der Waals surface area contributed by atoms with Gasteiger partial charge in [0.2, 0.25) is 0 Å². The molecule has 1 heterocycles. The van der Waals surface area contributed by atoms with Crippen LogP contribution in [0.2, 0.25) is 0 Å². The maximum Gasteiger partial charge on any atom is 0.389 e. The summed E-state index contributed by atoms with van der Waals surface area (Å²) in [5.74, 6) is 0.424. The molecule has 2 nitrogen and oxygen atoms in total. The number of imidazole rings is 1. The van der Waals surface area contributed by atoms with E-state index in [9.17, 15) is 13.2 Å². The van der Waals surface area contributed by atoms with Crippen LogP contribution in [-0.4, -0.2) is 21.5 Å². The van der Waals surface area contributed by atoms with Gasteiger partial charge in [0.1, 0.15) is 0 Å². The Hall–Kier alpha value is -1.43. The summed E-state index contributed by atoms with van der Waals surface area (Å²) in [5, 5.41) is 0.580. The van der Waals surface area contributed by atoms with E-state index in [-0.39, 0.29) is 5.75 Å². The third kappa shape index (κ3) is 4.52. The smallest absolute Gasteiger partial charge is 0.295 e. The molecule has 0 amide bonds. The fourth-order valence-corrected chi connectivity index (χ4v) is 2.83. The summed E-state index contributed by atoms with van der Waals surface area (Å²) in [6.45, 7) is 4.23. The molecule has 0 atom stereocenters. The molecule has 0 aliphatic carbocycles. The predicted octanol–water partition coefficient (Wildman–Crippen LogP) is 5.04. The summed E-state index contributed by atoms with van der Waals surface area (Å²) in [5.41, 5.74) is 2.14. The Morgan fingerprint density at radius 3 is 2.43 bits per heavy atom. The number of hydrogen-bond donors (Lipinski definition) is 0. The molecule has 2 aromatic rings. The Kier molecular flexibility index (Phi) is 4.98. The van der Waals surface area contributed by atoms with Crippen LogP contribution in [0.3, 0.4) is 0 Å². The van der Waals surface area contributed by atoms with E-state index >= 15 is 0 Å². The van der Waals surface area contributed by atoms with Crippen molar-refractivity contribution in [2.24, 2.45) is 0 Å². The van der Waals surface area contributed by atoms with E-state index in [2.05, 4.69) is 18.8 Å². The lowest BCUT2D eigenvalue weighted by Crippen LogP contribution is -2.08. The highest BCUT2D eigenvalue weighted by atomic mass is 32.2. The highest BCUT2D eigenvalue weighted by Gasteiger charge is 2.26. The summed E-state index contributed by atoms with van der Waals surface area (Å²) in [6, 6.07) is 7.99. The van der Waals surface area contributed by atoms with Crippen LogP contribution in [0.25, 0.3) is 5.69 Å². The molecule has 0 saturated heterocycles. The minimum Gasteiger partial charge on any atom is -0.295 e. The maximum atomic E-state index is 12.2. The van der Waals surface area contributed by atoms with Gasteiger partial charge < -0.3 is 0 Å². The van der Waals surface area contributed by atoms with Gasteiger partial charge in [0.25, 0.3) is 0 Å². The minimum absolute atomic E-state index is 0.0232. The van der Waals surface area contributed by atoms with Crippen molar-refractivity contribution in [3.63, 3.8) is 0 Å². The topological polar surface area (TPSA) is 17.8 Å². The summed E-state index contributed by atoms with van der Waals surface area (Å²) < 4.78 is 38.4. The molecular weight excluding hydrogens is 297 g/mol. The predicted molar refractivity (Wildman–Crippen MR) is 79.0 cm³/mol. The van der Waals surface area contributed by atoms with Crippen LogP contribution in [0.4, 0.5) is 13.2 Å². The van der Waals surface area contributed by atoms with Crippen molar-refractivity contribution in [2.45, 2.75) is 37.5 Å². The number of nitrogens with zero attached hydrogens (tertiary/aromatic N) is 2. The summed E-state index contributed by atoms with van der Waals surface area (Å²) in [4.78, 5) is 4.13. The Balaban J connectivity index is 2.09. The van der Waals surface area contributed by atoms with Gasteiger partial charge in [0, 0.05) is 23.8 Å². The lowest BCUT2D eigenvalue weighted by molar-refractivity contribution is -0.129. The number of thioether (sulfide) groups is 1. The third-order valence-electron chi connectivity index (χ3n) is 3.06. The SMILES string of the molecule is CC(C)c1ccc(-n2ccnc2SCCC(F)(F)F)cc1. The van der Waals surface area contributed by atoms with E-state index in [0.717, 1.165) is 17.4 Å². The third-order valence-corrected chi connectivity index (χ3v) is 4.03. The molecule has 0 radical (unpaired) electrons. The van der Waals surface area contributed by atoms with Crippen molar-refractivity contribution >= 4 is 11.8 Å². The van der Waals surface area contributed by atoms with E-state index in [1.165, 1.54) is 5.56 Å². The minimum atomic E-state index is -4.12. The molecule has 0 aliphatic rings. The van der Waals surface area contributed by atoms with E-state index in [1.54, 1.807) is 12.4 Å². The van der Waals surface area contributed by atoms with Gasteiger partial charge in [-0.3, -0.25) is 4.57 Å². The Morgan fingerprint density at radius 2 is 1.86 bits per heavy atom. The zero-order chi connectivity index (χ0) is 15.5. The first-order chi connectivity index (χ1) is 9.87. The van der Waals surface area contributed by atoms with Crippen LogP contribution in [0.1, 0.15) is 31.7 Å². The van der Waals surface area contributed by atoms with Gasteiger partial charge in [-0.05, 0) is 23.6 Å². The normalized spacial score (nSPS) is 12.1. The number of halogens is 3. The molecule has 6 heteroatoms. The molecule has 0 fully saturated rings. The van der Waals surface area contributed by atoms with E-state index < -0.39 is 12.6 Å². The number of rotatable bonds is 5. The zero-order valence-corrected chi connectivity index (χ0v) is 12.7. The first-order valence-electron chi connectivity index (χ1n) is 6.70. The lowest BCUT2D eigenvalue weighted by Gasteiger charge is -2.10. The molecule has 2 rings (SSSR count). The van der Waals surface area contributed by atoms with Crippen molar-refractivity contribution in [1.82, 2.24) is 9.55 Å². The lowest BCUT2D eigenvalue weighted by atomic mass is 10.0. The number of benzene rings is 1. The second-order valence-corrected chi connectivity index (χ2v) is 6.10. The highest BCUT2D eigenvalue weighted by Crippen LogP contribution is 2.27. The van der Waals surface area contributed by atoms with E-state index in [4.69, 9.17) is 0 Å². The number of aromatic nitrogens is 2. The molecule has 1 aromatic carbocycles. The van der Waals surface area contributed by atoms with Gasteiger partial charge in [0.05, 0.1) is 6.42 Å². The van der Waals surface area contributed by atoms with Crippen LogP contribution in [0, 0.1) is 0 Å². The van der Waals surface area contributed by atoms with Crippen molar-refractivity contribution in [3.05, 3.63) is 42.2 Å². The zero-order valence-electron chi connectivity index (χ0n) is 11.9. The summed E-state index contributed by atoms with van der Waals surface area (Å²) in [7, 11) is 0. The highest BCUT2D eigenvalue weighted by molar-refractivity contribution is 7.99. The molecule has 0 aliphatic heterocycles. The van der Waals surface area contributed by atoms with E-state index in [0.29, 0.717) is 11.1 Å². The summed E-state index contributed by atoms with van der Waals surface area (Å²) >= 11 is 1.12. The molecule has 0 spiro atoms. The van der Waals surface area contributed by atoms with Gasteiger partial charge >= 0.3 is 6.18 Å². The standard InChI is InChI=1S/C15H17F3N2S/c1-11(2)12-3-5-13(6-4-12)20-9-8-19-14(20)21-10-7-15(16,17)18/h3-6,8-9,11H,7,10H2,1-2H3. The van der Waals surface area contributed by atoms with Gasteiger partial charge in [-0.25, -0.2) is 4.98 Å². The van der Waals surface area contributed by atoms with Crippen LogP contribution in [0.5, 0.6) is 0 Å². The first kappa shape index (κ1) is 15.9.